The molecule has 5 heteroatoms. The molecule has 0 saturated heterocycles. The van der Waals surface area contributed by atoms with Gasteiger partial charge in [-0.3, -0.25) is 4.79 Å². The predicted molar refractivity (Wildman–Crippen MR) is 96.0 cm³/mol. The standard InChI is InChI=1S/C18H21N3O.ClH/c1-20-10-11-21(13-16-4-2-3-5-17(16)20)18(22)15-8-6-14(12-19)7-9-15;/h2-9H,10-13,19H2,1H3;1H. The second-order valence-corrected chi connectivity index (χ2v) is 5.68. The molecule has 3 rings (SSSR count). The summed E-state index contributed by atoms with van der Waals surface area (Å²) in [4.78, 5) is 16.9. The monoisotopic (exact) mass is 331 g/mol. The highest BCUT2D eigenvalue weighted by Gasteiger charge is 2.21. The number of amides is 1. The van der Waals surface area contributed by atoms with E-state index < -0.39 is 0 Å². The van der Waals surface area contributed by atoms with Crippen LogP contribution in [0.25, 0.3) is 0 Å². The molecule has 2 N–H and O–H groups in total. The van der Waals surface area contributed by atoms with Gasteiger partial charge in [0.2, 0.25) is 0 Å². The van der Waals surface area contributed by atoms with E-state index in [9.17, 15) is 4.79 Å². The van der Waals surface area contributed by atoms with E-state index >= 15 is 0 Å². The van der Waals surface area contributed by atoms with Crippen LogP contribution in [0.3, 0.4) is 0 Å². The lowest BCUT2D eigenvalue weighted by molar-refractivity contribution is 0.0752. The van der Waals surface area contributed by atoms with Gasteiger partial charge in [-0.25, -0.2) is 0 Å². The number of fused-ring (bicyclic) bond motifs is 1. The molecule has 122 valence electrons. The third-order valence-electron chi connectivity index (χ3n) is 4.19. The van der Waals surface area contributed by atoms with E-state index in [1.165, 1.54) is 11.3 Å². The van der Waals surface area contributed by atoms with Gasteiger partial charge in [-0.1, -0.05) is 30.3 Å². The van der Waals surface area contributed by atoms with Crippen molar-refractivity contribution in [1.82, 2.24) is 4.90 Å². The Balaban J connectivity index is 0.00000192. The predicted octanol–water partition coefficient (Wildman–Crippen LogP) is 2.66. The first-order chi connectivity index (χ1) is 10.7. The van der Waals surface area contributed by atoms with Gasteiger partial charge < -0.3 is 15.5 Å². The van der Waals surface area contributed by atoms with E-state index in [0.29, 0.717) is 13.1 Å². The van der Waals surface area contributed by atoms with Crippen molar-refractivity contribution in [1.29, 1.82) is 0 Å². The molecule has 0 spiro atoms. The van der Waals surface area contributed by atoms with Gasteiger partial charge in [0.15, 0.2) is 0 Å². The number of hydrogen-bond donors (Lipinski definition) is 1. The summed E-state index contributed by atoms with van der Waals surface area (Å²) in [5, 5.41) is 0. The Labute approximate surface area is 143 Å². The van der Waals surface area contributed by atoms with Crippen molar-refractivity contribution in [2.45, 2.75) is 13.1 Å². The summed E-state index contributed by atoms with van der Waals surface area (Å²) < 4.78 is 0. The number of para-hydroxylation sites is 1. The van der Waals surface area contributed by atoms with Crippen LogP contribution in [-0.2, 0) is 13.1 Å². The molecule has 0 aliphatic carbocycles. The Bertz CT molecular complexity index is 672. The minimum atomic E-state index is 0. The maximum atomic E-state index is 12.7. The number of nitrogens with zero attached hydrogens (tertiary/aromatic N) is 2. The van der Waals surface area contributed by atoms with E-state index in [1.54, 1.807) is 0 Å². The van der Waals surface area contributed by atoms with Gasteiger partial charge in [0, 0.05) is 44.5 Å². The molecule has 0 radical (unpaired) electrons. The zero-order chi connectivity index (χ0) is 15.5. The van der Waals surface area contributed by atoms with Gasteiger partial charge in [0.05, 0.1) is 0 Å². The minimum absolute atomic E-state index is 0. The first-order valence-electron chi connectivity index (χ1n) is 7.56. The summed E-state index contributed by atoms with van der Waals surface area (Å²) >= 11 is 0. The van der Waals surface area contributed by atoms with Crippen LogP contribution in [0.2, 0.25) is 0 Å². The fourth-order valence-corrected chi connectivity index (χ4v) is 2.83. The van der Waals surface area contributed by atoms with Gasteiger partial charge in [-0.2, -0.15) is 0 Å². The number of benzene rings is 2. The molecule has 23 heavy (non-hydrogen) atoms. The first kappa shape index (κ1) is 17.3. The van der Waals surface area contributed by atoms with Crippen LogP contribution in [0, 0.1) is 0 Å². The van der Waals surface area contributed by atoms with Gasteiger partial charge >= 0.3 is 0 Å². The van der Waals surface area contributed by atoms with Gasteiger partial charge in [-0.05, 0) is 29.3 Å². The third kappa shape index (κ3) is 3.66. The first-order valence-corrected chi connectivity index (χ1v) is 7.56. The molecule has 1 heterocycles. The average molecular weight is 332 g/mol. The normalized spacial score (nSPS) is 13.8. The smallest absolute Gasteiger partial charge is 0.254 e. The van der Waals surface area contributed by atoms with Crippen LogP contribution >= 0.6 is 12.4 Å². The second-order valence-electron chi connectivity index (χ2n) is 5.68. The van der Waals surface area contributed by atoms with E-state index in [4.69, 9.17) is 5.73 Å². The number of halogens is 1. The second kappa shape index (κ2) is 7.49. The molecule has 0 aromatic heterocycles. The third-order valence-corrected chi connectivity index (χ3v) is 4.19. The lowest BCUT2D eigenvalue weighted by atomic mass is 10.1. The number of rotatable bonds is 2. The number of carbonyl (C=O) groups is 1. The number of likely N-dealkylation sites (N-methyl/N-ethyl adjacent to an activating group) is 1. The van der Waals surface area contributed by atoms with Crippen molar-refractivity contribution in [3.05, 3.63) is 65.2 Å². The maximum Gasteiger partial charge on any atom is 0.254 e. The van der Waals surface area contributed by atoms with E-state index in [1.807, 2.05) is 41.3 Å². The molecular weight excluding hydrogens is 310 g/mol. The summed E-state index contributed by atoms with van der Waals surface area (Å²) in [5.41, 5.74) is 9.76. The van der Waals surface area contributed by atoms with E-state index in [0.717, 1.165) is 24.2 Å². The fourth-order valence-electron chi connectivity index (χ4n) is 2.83. The highest BCUT2D eigenvalue weighted by molar-refractivity contribution is 5.94. The van der Waals surface area contributed by atoms with Crippen molar-refractivity contribution in [3.8, 4) is 0 Å². The van der Waals surface area contributed by atoms with Gasteiger partial charge in [-0.15, -0.1) is 12.4 Å². The van der Waals surface area contributed by atoms with Crippen molar-refractivity contribution in [2.24, 2.45) is 5.73 Å². The van der Waals surface area contributed by atoms with Crippen LogP contribution in [0.4, 0.5) is 5.69 Å². The lowest BCUT2D eigenvalue weighted by Gasteiger charge is -2.21. The molecule has 0 bridgehead atoms. The summed E-state index contributed by atoms with van der Waals surface area (Å²) in [6, 6.07) is 15.8. The minimum Gasteiger partial charge on any atom is -0.373 e. The highest BCUT2D eigenvalue weighted by atomic mass is 35.5. The molecular formula is C18H22ClN3O. The number of hydrogen-bond acceptors (Lipinski definition) is 3. The van der Waals surface area contributed by atoms with E-state index in [2.05, 4.69) is 24.1 Å². The van der Waals surface area contributed by atoms with Crippen molar-refractivity contribution >= 4 is 24.0 Å². The van der Waals surface area contributed by atoms with Crippen LogP contribution in [0.5, 0.6) is 0 Å². The van der Waals surface area contributed by atoms with E-state index in [-0.39, 0.29) is 18.3 Å². The summed E-state index contributed by atoms with van der Waals surface area (Å²) in [7, 11) is 2.07. The van der Waals surface area contributed by atoms with Crippen molar-refractivity contribution < 1.29 is 4.79 Å². The number of carbonyl (C=O) groups excluding carboxylic acids is 1. The van der Waals surface area contributed by atoms with Gasteiger partial charge in [0.25, 0.3) is 5.91 Å². The van der Waals surface area contributed by atoms with Crippen LogP contribution in [0.15, 0.2) is 48.5 Å². The zero-order valence-electron chi connectivity index (χ0n) is 13.2. The fraction of sp³-hybridized carbons (Fsp3) is 0.278. The Kier molecular flexibility index (Phi) is 5.64. The highest BCUT2D eigenvalue weighted by Crippen LogP contribution is 2.24. The Hall–Kier alpha value is -2.04. The molecule has 0 unspecified atom stereocenters. The summed E-state index contributed by atoms with van der Waals surface area (Å²) in [6.07, 6.45) is 0. The molecule has 0 saturated carbocycles. The topological polar surface area (TPSA) is 49.6 Å². The molecule has 2 aromatic carbocycles. The number of anilines is 1. The Morgan fingerprint density at radius 3 is 2.48 bits per heavy atom. The maximum absolute atomic E-state index is 12.7. The van der Waals surface area contributed by atoms with Crippen LogP contribution in [0.1, 0.15) is 21.5 Å². The largest absolute Gasteiger partial charge is 0.373 e. The van der Waals surface area contributed by atoms with Crippen molar-refractivity contribution in [3.63, 3.8) is 0 Å². The molecule has 2 aromatic rings. The van der Waals surface area contributed by atoms with Gasteiger partial charge in [0.1, 0.15) is 0 Å². The van der Waals surface area contributed by atoms with Crippen LogP contribution in [-0.4, -0.2) is 30.9 Å². The molecule has 4 nitrogen and oxygen atoms in total. The molecule has 0 fully saturated rings. The molecule has 1 amide bonds. The SMILES string of the molecule is CN1CCN(C(=O)c2ccc(CN)cc2)Cc2ccccc21.Cl. The lowest BCUT2D eigenvalue weighted by Crippen LogP contribution is -2.34. The summed E-state index contributed by atoms with van der Waals surface area (Å²) in [5.74, 6) is 0.0775. The molecule has 1 aliphatic rings. The van der Waals surface area contributed by atoms with Crippen LogP contribution < -0.4 is 10.6 Å². The molecule has 1 aliphatic heterocycles. The quantitative estimate of drug-likeness (QED) is 0.920. The Morgan fingerprint density at radius 2 is 1.78 bits per heavy atom. The summed E-state index contributed by atoms with van der Waals surface area (Å²) in [6.45, 7) is 2.71. The molecule has 0 atom stereocenters. The number of nitrogens with two attached hydrogens (primary N) is 1. The average Bonchev–Trinajstić information content (AvgIpc) is 2.74. The van der Waals surface area contributed by atoms with Crippen molar-refractivity contribution in [2.75, 3.05) is 25.0 Å². The Morgan fingerprint density at radius 1 is 1.09 bits per heavy atom. The zero-order valence-corrected chi connectivity index (χ0v) is 14.1.